The Kier molecular flexibility index (Phi) is 6.26. The van der Waals surface area contributed by atoms with E-state index in [0.29, 0.717) is 5.02 Å². The topological polar surface area (TPSA) is 66.4 Å². The Morgan fingerprint density at radius 3 is 2.37 bits per heavy atom. The summed E-state index contributed by atoms with van der Waals surface area (Å²) in [6.45, 7) is 3.74. The van der Waals surface area contributed by atoms with Gasteiger partial charge in [-0.15, -0.1) is 0 Å². The lowest BCUT2D eigenvalue weighted by Crippen LogP contribution is -2.41. The molecule has 0 saturated heterocycles. The van der Waals surface area contributed by atoms with E-state index in [1.807, 2.05) is 13.8 Å². The zero-order valence-corrected chi connectivity index (χ0v) is 12.7. The summed E-state index contributed by atoms with van der Waals surface area (Å²) in [5, 5.41) is 9.81. The highest BCUT2D eigenvalue weighted by Crippen LogP contribution is 2.17. The second-order valence-electron chi connectivity index (χ2n) is 4.63. The highest BCUT2D eigenvalue weighted by molar-refractivity contribution is 7.89. The van der Waals surface area contributed by atoms with Gasteiger partial charge in [-0.25, -0.2) is 13.1 Å². The molecule has 0 aliphatic carbocycles. The van der Waals surface area contributed by atoms with Crippen LogP contribution in [0.5, 0.6) is 0 Å². The second-order valence-corrected chi connectivity index (χ2v) is 6.78. The summed E-state index contributed by atoms with van der Waals surface area (Å²) in [7, 11) is -3.62. The van der Waals surface area contributed by atoms with Crippen LogP contribution in [0.4, 0.5) is 0 Å². The third kappa shape index (κ3) is 4.76. The molecule has 0 saturated carbocycles. The number of hydrogen-bond donors (Lipinski definition) is 2. The van der Waals surface area contributed by atoms with Gasteiger partial charge in [0.15, 0.2) is 0 Å². The molecule has 2 atom stereocenters. The van der Waals surface area contributed by atoms with Gasteiger partial charge in [0.25, 0.3) is 0 Å². The lowest BCUT2D eigenvalue weighted by Gasteiger charge is -2.22. The molecule has 0 bridgehead atoms. The maximum absolute atomic E-state index is 12.2. The molecule has 0 heterocycles. The monoisotopic (exact) mass is 305 g/mol. The van der Waals surface area contributed by atoms with Gasteiger partial charge in [-0.2, -0.15) is 0 Å². The van der Waals surface area contributed by atoms with Crippen molar-refractivity contribution in [3.8, 4) is 0 Å². The molecule has 108 valence electrons. The van der Waals surface area contributed by atoms with Crippen LogP contribution in [0.2, 0.25) is 5.02 Å². The normalized spacial score (nSPS) is 15.2. The molecule has 0 fully saturated rings. The van der Waals surface area contributed by atoms with Crippen molar-refractivity contribution in [3.63, 3.8) is 0 Å². The molecule has 19 heavy (non-hydrogen) atoms. The summed E-state index contributed by atoms with van der Waals surface area (Å²) in [6, 6.07) is 5.48. The van der Waals surface area contributed by atoms with Crippen molar-refractivity contribution >= 4 is 21.6 Å². The van der Waals surface area contributed by atoms with E-state index in [-0.39, 0.29) is 17.4 Å². The molecule has 0 amide bonds. The van der Waals surface area contributed by atoms with E-state index >= 15 is 0 Å². The zero-order valence-electron chi connectivity index (χ0n) is 11.1. The van der Waals surface area contributed by atoms with Crippen LogP contribution in [0, 0.1) is 5.92 Å². The molecule has 1 aromatic carbocycles. The van der Waals surface area contributed by atoms with Crippen molar-refractivity contribution < 1.29 is 13.5 Å². The Bertz CT molecular complexity index is 487. The predicted molar refractivity (Wildman–Crippen MR) is 76.7 cm³/mol. The number of aliphatic hydroxyl groups excluding tert-OH is 1. The fourth-order valence-electron chi connectivity index (χ4n) is 1.87. The summed E-state index contributed by atoms with van der Waals surface area (Å²) in [6.07, 6.45) is 1.80. The van der Waals surface area contributed by atoms with Gasteiger partial charge in [-0.05, 0) is 36.6 Å². The first-order valence-corrected chi connectivity index (χ1v) is 8.15. The van der Waals surface area contributed by atoms with Crippen LogP contribution < -0.4 is 4.72 Å². The molecule has 0 radical (unpaired) electrons. The van der Waals surface area contributed by atoms with Crippen molar-refractivity contribution in [1.29, 1.82) is 0 Å². The van der Waals surface area contributed by atoms with Crippen LogP contribution in [0.3, 0.4) is 0 Å². The molecule has 2 unspecified atom stereocenters. The third-order valence-electron chi connectivity index (χ3n) is 3.06. The molecule has 0 aromatic heterocycles. The smallest absolute Gasteiger partial charge is 0.240 e. The molecule has 1 rings (SSSR count). The van der Waals surface area contributed by atoms with Gasteiger partial charge < -0.3 is 5.11 Å². The minimum atomic E-state index is -3.62. The largest absolute Gasteiger partial charge is 0.395 e. The first kappa shape index (κ1) is 16.4. The minimum Gasteiger partial charge on any atom is -0.395 e. The minimum absolute atomic E-state index is 0.0806. The number of aliphatic hydroxyl groups is 1. The Labute approximate surface area is 119 Å². The second kappa shape index (κ2) is 7.24. The Hall–Kier alpha value is -0.620. The highest BCUT2D eigenvalue weighted by atomic mass is 35.5. The fourth-order valence-corrected chi connectivity index (χ4v) is 3.33. The molecule has 6 heteroatoms. The number of rotatable bonds is 7. The first-order chi connectivity index (χ1) is 8.90. The van der Waals surface area contributed by atoms with Gasteiger partial charge in [-0.3, -0.25) is 0 Å². The van der Waals surface area contributed by atoms with Crippen LogP contribution in [-0.2, 0) is 10.0 Å². The molecule has 1 aromatic rings. The molecule has 4 nitrogen and oxygen atoms in total. The molecule has 2 N–H and O–H groups in total. The van der Waals surface area contributed by atoms with Crippen molar-refractivity contribution in [3.05, 3.63) is 29.3 Å². The Balaban J connectivity index is 2.85. The molecule has 0 aliphatic rings. The van der Waals surface area contributed by atoms with Crippen LogP contribution in [0.1, 0.15) is 26.7 Å². The first-order valence-electron chi connectivity index (χ1n) is 6.29. The van der Waals surface area contributed by atoms with Gasteiger partial charge >= 0.3 is 0 Å². The van der Waals surface area contributed by atoms with Crippen LogP contribution in [0.15, 0.2) is 29.2 Å². The van der Waals surface area contributed by atoms with Crippen molar-refractivity contribution in [2.24, 2.45) is 5.92 Å². The van der Waals surface area contributed by atoms with Crippen LogP contribution in [-0.4, -0.2) is 26.2 Å². The standard InChI is InChI=1S/C13H20ClNO3S/c1-3-4-10(2)13(9-16)15-19(17,18)12-7-5-11(14)6-8-12/h5-8,10,13,15-16H,3-4,9H2,1-2H3. The Morgan fingerprint density at radius 2 is 1.89 bits per heavy atom. The molecular weight excluding hydrogens is 286 g/mol. The predicted octanol–water partition coefficient (Wildman–Crippen LogP) is 2.42. The Morgan fingerprint density at radius 1 is 1.32 bits per heavy atom. The number of halogens is 1. The highest BCUT2D eigenvalue weighted by Gasteiger charge is 2.23. The summed E-state index contributed by atoms with van der Waals surface area (Å²) >= 11 is 5.73. The van der Waals surface area contributed by atoms with Gasteiger partial charge in [0.1, 0.15) is 0 Å². The van der Waals surface area contributed by atoms with Gasteiger partial charge in [0.2, 0.25) is 10.0 Å². The van der Waals surface area contributed by atoms with Crippen molar-refractivity contribution in [2.75, 3.05) is 6.61 Å². The average Bonchev–Trinajstić information content (AvgIpc) is 2.36. The number of benzene rings is 1. The van der Waals surface area contributed by atoms with E-state index in [9.17, 15) is 13.5 Å². The van der Waals surface area contributed by atoms with E-state index in [2.05, 4.69) is 4.72 Å². The van der Waals surface area contributed by atoms with Crippen LogP contribution in [0.25, 0.3) is 0 Å². The average molecular weight is 306 g/mol. The van der Waals surface area contributed by atoms with E-state index in [4.69, 9.17) is 11.6 Å². The summed E-state index contributed by atoms with van der Waals surface area (Å²) in [5.74, 6) is 0.0806. The summed E-state index contributed by atoms with van der Waals surface area (Å²) in [5.41, 5.74) is 0. The lowest BCUT2D eigenvalue weighted by atomic mass is 9.98. The van der Waals surface area contributed by atoms with E-state index in [1.54, 1.807) is 0 Å². The van der Waals surface area contributed by atoms with Gasteiger partial charge in [0.05, 0.1) is 11.5 Å². The number of hydrogen-bond acceptors (Lipinski definition) is 3. The molecule has 0 spiro atoms. The summed E-state index contributed by atoms with van der Waals surface area (Å²) in [4.78, 5) is 0.152. The van der Waals surface area contributed by atoms with E-state index < -0.39 is 16.1 Å². The summed E-state index contributed by atoms with van der Waals surface area (Å²) < 4.78 is 26.9. The fraction of sp³-hybridized carbons (Fsp3) is 0.538. The van der Waals surface area contributed by atoms with Crippen molar-refractivity contribution in [1.82, 2.24) is 4.72 Å². The maximum Gasteiger partial charge on any atom is 0.240 e. The molecule has 0 aliphatic heterocycles. The zero-order chi connectivity index (χ0) is 14.5. The SMILES string of the molecule is CCCC(C)C(CO)NS(=O)(=O)c1ccc(Cl)cc1. The van der Waals surface area contributed by atoms with Gasteiger partial charge in [-0.1, -0.05) is 31.9 Å². The van der Waals surface area contributed by atoms with Crippen molar-refractivity contribution in [2.45, 2.75) is 37.6 Å². The number of sulfonamides is 1. The lowest BCUT2D eigenvalue weighted by molar-refractivity contribution is 0.216. The third-order valence-corrected chi connectivity index (χ3v) is 4.82. The quantitative estimate of drug-likeness (QED) is 0.813. The van der Waals surface area contributed by atoms with E-state index in [1.165, 1.54) is 24.3 Å². The maximum atomic E-state index is 12.2. The number of nitrogens with one attached hydrogen (secondary N) is 1. The van der Waals surface area contributed by atoms with E-state index in [0.717, 1.165) is 12.8 Å². The molecular formula is C13H20ClNO3S. The van der Waals surface area contributed by atoms with Crippen LogP contribution >= 0.6 is 11.6 Å². The van der Waals surface area contributed by atoms with Gasteiger partial charge in [0, 0.05) is 11.1 Å².